The summed E-state index contributed by atoms with van der Waals surface area (Å²) in [5.41, 5.74) is 0.923. The largest absolute Gasteiger partial charge is 0.496 e. The number of benzene rings is 2. The summed E-state index contributed by atoms with van der Waals surface area (Å²) in [5, 5.41) is 10.4. The summed E-state index contributed by atoms with van der Waals surface area (Å²) in [6.45, 7) is 0. The normalized spacial score (nSPS) is 12.2. The van der Waals surface area contributed by atoms with Crippen LogP contribution in [0, 0.1) is 5.82 Å². The predicted octanol–water partition coefficient (Wildman–Crippen LogP) is 3.76. The van der Waals surface area contributed by atoms with E-state index in [1.165, 1.54) is 12.1 Å². The van der Waals surface area contributed by atoms with Crippen LogP contribution in [0.5, 0.6) is 5.75 Å². The average molecular weight is 281 g/mol. The molecule has 0 fully saturated rings. The van der Waals surface area contributed by atoms with Gasteiger partial charge in [0.2, 0.25) is 0 Å². The van der Waals surface area contributed by atoms with Crippen molar-refractivity contribution >= 4 is 11.6 Å². The Labute approximate surface area is 116 Å². The molecule has 2 nitrogen and oxygen atoms in total. The molecule has 1 N–H and O–H groups in total. The second kappa shape index (κ2) is 6.04. The van der Waals surface area contributed by atoms with E-state index in [1.54, 1.807) is 19.2 Å². The van der Waals surface area contributed by atoms with E-state index < -0.39 is 11.9 Å². The summed E-state index contributed by atoms with van der Waals surface area (Å²) >= 11 is 5.93. The first-order valence-electron chi connectivity index (χ1n) is 5.87. The summed E-state index contributed by atoms with van der Waals surface area (Å²) in [7, 11) is 1.56. The lowest BCUT2D eigenvalue weighted by atomic mass is 10.0. The Bertz CT molecular complexity index is 552. The van der Waals surface area contributed by atoms with Crippen molar-refractivity contribution in [3.8, 4) is 5.75 Å². The van der Waals surface area contributed by atoms with Crippen molar-refractivity contribution in [1.82, 2.24) is 0 Å². The molecule has 100 valence electrons. The van der Waals surface area contributed by atoms with E-state index >= 15 is 0 Å². The number of aliphatic hydroxyl groups excluding tert-OH is 1. The van der Waals surface area contributed by atoms with Crippen LogP contribution >= 0.6 is 11.6 Å². The third-order valence-electron chi connectivity index (χ3n) is 2.94. The van der Waals surface area contributed by atoms with Crippen LogP contribution in [0.4, 0.5) is 4.39 Å². The summed E-state index contributed by atoms with van der Waals surface area (Å²) in [6, 6.07) is 11.7. The number of methoxy groups -OCH3 is 1. The maximum atomic E-state index is 13.7. The van der Waals surface area contributed by atoms with Crippen LogP contribution < -0.4 is 4.74 Å². The van der Waals surface area contributed by atoms with Gasteiger partial charge in [0, 0.05) is 17.0 Å². The lowest BCUT2D eigenvalue weighted by molar-refractivity contribution is 0.172. The van der Waals surface area contributed by atoms with Gasteiger partial charge in [-0.25, -0.2) is 4.39 Å². The number of hydrogen-bond acceptors (Lipinski definition) is 2. The second-order valence-electron chi connectivity index (χ2n) is 4.17. The first-order chi connectivity index (χ1) is 9.13. The molecule has 0 aliphatic heterocycles. The van der Waals surface area contributed by atoms with Gasteiger partial charge in [-0.2, -0.15) is 0 Å². The molecule has 19 heavy (non-hydrogen) atoms. The molecule has 0 aromatic heterocycles. The molecule has 0 aliphatic carbocycles. The summed E-state index contributed by atoms with van der Waals surface area (Å²) in [4.78, 5) is 0. The summed E-state index contributed by atoms with van der Waals surface area (Å²) in [6.07, 6.45) is -0.769. The molecule has 2 aromatic rings. The number of para-hydroxylation sites is 1. The molecular weight excluding hydrogens is 267 g/mol. The number of ether oxygens (including phenoxy) is 1. The number of hydrogen-bond donors (Lipinski definition) is 1. The Hall–Kier alpha value is -1.58. The lowest BCUT2D eigenvalue weighted by Gasteiger charge is -2.15. The standard InChI is InChI=1S/C15H14ClFO2/c1-19-14-8-3-2-5-10(14)9-13(18)15-11(16)6-4-7-12(15)17/h2-8,13,18H,9H2,1H3. The molecular formula is C15H14ClFO2. The van der Waals surface area contributed by atoms with Crippen molar-refractivity contribution in [2.75, 3.05) is 7.11 Å². The van der Waals surface area contributed by atoms with Crippen LogP contribution in [0.1, 0.15) is 17.2 Å². The second-order valence-corrected chi connectivity index (χ2v) is 4.57. The van der Waals surface area contributed by atoms with E-state index in [0.717, 1.165) is 5.56 Å². The minimum Gasteiger partial charge on any atom is -0.496 e. The van der Waals surface area contributed by atoms with Crippen molar-refractivity contribution in [2.45, 2.75) is 12.5 Å². The predicted molar refractivity (Wildman–Crippen MR) is 73.1 cm³/mol. The zero-order valence-corrected chi connectivity index (χ0v) is 11.2. The number of rotatable bonds is 4. The highest BCUT2D eigenvalue weighted by molar-refractivity contribution is 6.31. The van der Waals surface area contributed by atoms with E-state index in [2.05, 4.69) is 0 Å². The molecule has 2 rings (SSSR count). The van der Waals surface area contributed by atoms with Gasteiger partial charge >= 0.3 is 0 Å². The van der Waals surface area contributed by atoms with E-state index in [9.17, 15) is 9.50 Å². The molecule has 2 aromatic carbocycles. The van der Waals surface area contributed by atoms with Crippen LogP contribution in [0.2, 0.25) is 5.02 Å². The highest BCUT2D eigenvalue weighted by Gasteiger charge is 2.18. The average Bonchev–Trinajstić information content (AvgIpc) is 2.39. The Morgan fingerprint density at radius 1 is 1.21 bits per heavy atom. The fraction of sp³-hybridized carbons (Fsp3) is 0.200. The topological polar surface area (TPSA) is 29.5 Å². The number of halogens is 2. The first-order valence-corrected chi connectivity index (χ1v) is 6.25. The minimum atomic E-state index is -1.01. The molecule has 0 spiro atoms. The quantitative estimate of drug-likeness (QED) is 0.924. The Kier molecular flexibility index (Phi) is 4.40. The third kappa shape index (κ3) is 3.06. The van der Waals surface area contributed by atoms with Gasteiger partial charge in [-0.3, -0.25) is 0 Å². The summed E-state index contributed by atoms with van der Waals surface area (Å²) in [5.74, 6) is 0.156. The molecule has 1 atom stereocenters. The zero-order valence-electron chi connectivity index (χ0n) is 10.4. The first kappa shape index (κ1) is 13.8. The van der Waals surface area contributed by atoms with Crippen molar-refractivity contribution in [1.29, 1.82) is 0 Å². The van der Waals surface area contributed by atoms with E-state index in [4.69, 9.17) is 16.3 Å². The number of aliphatic hydroxyl groups is 1. The van der Waals surface area contributed by atoms with Gasteiger partial charge < -0.3 is 9.84 Å². The Morgan fingerprint density at radius 2 is 1.95 bits per heavy atom. The lowest BCUT2D eigenvalue weighted by Crippen LogP contribution is -2.06. The smallest absolute Gasteiger partial charge is 0.130 e. The zero-order chi connectivity index (χ0) is 13.8. The molecule has 0 aliphatic rings. The summed E-state index contributed by atoms with van der Waals surface area (Å²) < 4.78 is 18.9. The van der Waals surface area contributed by atoms with Crippen molar-refractivity contribution in [3.63, 3.8) is 0 Å². The van der Waals surface area contributed by atoms with Gasteiger partial charge in [-0.05, 0) is 23.8 Å². The minimum absolute atomic E-state index is 0.120. The Balaban J connectivity index is 2.28. The molecule has 0 saturated carbocycles. The van der Waals surface area contributed by atoms with Crippen LogP contribution in [-0.2, 0) is 6.42 Å². The fourth-order valence-electron chi connectivity index (χ4n) is 2.01. The maximum absolute atomic E-state index is 13.7. The fourth-order valence-corrected chi connectivity index (χ4v) is 2.30. The van der Waals surface area contributed by atoms with Gasteiger partial charge in [0.1, 0.15) is 11.6 Å². The molecule has 0 radical (unpaired) electrons. The van der Waals surface area contributed by atoms with Gasteiger partial charge in [-0.1, -0.05) is 35.9 Å². The van der Waals surface area contributed by atoms with Gasteiger partial charge in [0.05, 0.1) is 13.2 Å². The van der Waals surface area contributed by atoms with E-state index in [0.29, 0.717) is 5.75 Å². The maximum Gasteiger partial charge on any atom is 0.130 e. The molecule has 0 heterocycles. The monoisotopic (exact) mass is 280 g/mol. The van der Waals surface area contributed by atoms with Gasteiger partial charge in [-0.15, -0.1) is 0 Å². The van der Waals surface area contributed by atoms with Gasteiger partial charge in [0.15, 0.2) is 0 Å². The van der Waals surface area contributed by atoms with Gasteiger partial charge in [0.25, 0.3) is 0 Å². The molecule has 4 heteroatoms. The van der Waals surface area contributed by atoms with Crippen LogP contribution in [0.3, 0.4) is 0 Å². The van der Waals surface area contributed by atoms with Crippen molar-refractivity contribution < 1.29 is 14.2 Å². The van der Waals surface area contributed by atoms with E-state index in [-0.39, 0.29) is 17.0 Å². The van der Waals surface area contributed by atoms with Crippen molar-refractivity contribution in [3.05, 3.63) is 64.4 Å². The Morgan fingerprint density at radius 3 is 2.63 bits per heavy atom. The van der Waals surface area contributed by atoms with Crippen LogP contribution in [0.25, 0.3) is 0 Å². The van der Waals surface area contributed by atoms with E-state index in [1.807, 2.05) is 18.2 Å². The highest BCUT2D eigenvalue weighted by Crippen LogP contribution is 2.30. The molecule has 0 bridgehead atoms. The molecule has 0 saturated heterocycles. The molecule has 1 unspecified atom stereocenters. The van der Waals surface area contributed by atoms with Crippen molar-refractivity contribution in [2.24, 2.45) is 0 Å². The van der Waals surface area contributed by atoms with Crippen LogP contribution in [0.15, 0.2) is 42.5 Å². The third-order valence-corrected chi connectivity index (χ3v) is 3.27. The molecule has 0 amide bonds. The van der Waals surface area contributed by atoms with Crippen LogP contribution in [-0.4, -0.2) is 12.2 Å². The highest BCUT2D eigenvalue weighted by atomic mass is 35.5. The SMILES string of the molecule is COc1ccccc1CC(O)c1c(F)cccc1Cl.